The molecule has 1 aromatic carbocycles. The average Bonchev–Trinajstić information content (AvgIpc) is 2.17. The number of nitriles is 1. The number of hydrogen-bond donors (Lipinski definition) is 0. The molecule has 0 amide bonds. The highest BCUT2D eigenvalue weighted by Crippen LogP contribution is 2.12. The van der Waals surface area contributed by atoms with Crippen molar-refractivity contribution in [2.75, 3.05) is 0 Å². The normalized spacial score (nSPS) is 10.2. The molecule has 13 heavy (non-hydrogen) atoms. The largest absolute Gasteiger partial charge is 0.192 e. The smallest absolute Gasteiger partial charge is 0.0991 e. The number of hydrogen-bond acceptors (Lipinski definition) is 1. The first-order valence-corrected chi connectivity index (χ1v) is 4.45. The van der Waals surface area contributed by atoms with Gasteiger partial charge in [0.2, 0.25) is 0 Å². The van der Waals surface area contributed by atoms with Crippen molar-refractivity contribution in [3.05, 3.63) is 41.0 Å². The lowest BCUT2D eigenvalue weighted by atomic mass is 10.1. The van der Waals surface area contributed by atoms with Gasteiger partial charge in [-0.25, -0.2) is 0 Å². The van der Waals surface area contributed by atoms with E-state index in [2.05, 4.69) is 32.1 Å². The van der Waals surface area contributed by atoms with Gasteiger partial charge in [-0.05, 0) is 36.6 Å². The summed E-state index contributed by atoms with van der Waals surface area (Å²) >= 11 is 0. The third-order valence-electron chi connectivity index (χ3n) is 1.94. The summed E-state index contributed by atoms with van der Waals surface area (Å²) in [5, 5.41) is 8.70. The summed E-state index contributed by atoms with van der Waals surface area (Å²) in [4.78, 5) is 0. The van der Waals surface area contributed by atoms with Gasteiger partial charge in [-0.3, -0.25) is 0 Å². The maximum atomic E-state index is 8.70. The summed E-state index contributed by atoms with van der Waals surface area (Å²) in [5.74, 6) is 0. The standard InChI is InChI=1S/C12H13N/c1-3-4-5-12-8-11(9-13)7-6-10(12)2/h4-8H,3H2,1-2H3/b5-4-. The Morgan fingerprint density at radius 1 is 1.46 bits per heavy atom. The van der Waals surface area contributed by atoms with Crippen molar-refractivity contribution < 1.29 is 0 Å². The summed E-state index contributed by atoms with van der Waals surface area (Å²) in [5.41, 5.74) is 3.07. The number of nitrogens with zero attached hydrogens (tertiary/aromatic N) is 1. The Labute approximate surface area is 79.3 Å². The lowest BCUT2D eigenvalue weighted by Crippen LogP contribution is -1.82. The Hall–Kier alpha value is -1.55. The molecule has 0 spiro atoms. The van der Waals surface area contributed by atoms with Crippen molar-refractivity contribution in [3.63, 3.8) is 0 Å². The fourth-order valence-electron chi connectivity index (χ4n) is 1.13. The highest BCUT2D eigenvalue weighted by atomic mass is 14.2. The summed E-state index contributed by atoms with van der Waals surface area (Å²) in [6.07, 6.45) is 5.19. The van der Waals surface area contributed by atoms with Crippen LogP contribution in [0.15, 0.2) is 24.3 Å². The number of rotatable bonds is 2. The van der Waals surface area contributed by atoms with Crippen LogP contribution >= 0.6 is 0 Å². The van der Waals surface area contributed by atoms with Gasteiger partial charge in [-0.2, -0.15) is 5.26 Å². The van der Waals surface area contributed by atoms with E-state index >= 15 is 0 Å². The quantitative estimate of drug-likeness (QED) is 0.669. The summed E-state index contributed by atoms with van der Waals surface area (Å²) in [7, 11) is 0. The Morgan fingerprint density at radius 2 is 2.23 bits per heavy atom. The van der Waals surface area contributed by atoms with Gasteiger partial charge in [0.15, 0.2) is 0 Å². The highest BCUT2D eigenvalue weighted by molar-refractivity contribution is 5.56. The molecule has 0 aromatic heterocycles. The molecule has 0 aliphatic heterocycles. The molecule has 1 heteroatoms. The molecule has 1 nitrogen and oxygen atoms in total. The molecule has 0 saturated carbocycles. The molecule has 1 aromatic rings. The zero-order valence-electron chi connectivity index (χ0n) is 8.04. The highest BCUT2D eigenvalue weighted by Gasteiger charge is 1.95. The fraction of sp³-hybridized carbons (Fsp3) is 0.250. The summed E-state index contributed by atoms with van der Waals surface area (Å²) in [6.45, 7) is 4.15. The second-order valence-electron chi connectivity index (χ2n) is 2.99. The van der Waals surface area contributed by atoms with Crippen molar-refractivity contribution in [1.29, 1.82) is 5.26 Å². The van der Waals surface area contributed by atoms with Crippen molar-refractivity contribution in [2.24, 2.45) is 0 Å². The molecule has 0 heterocycles. The van der Waals surface area contributed by atoms with Gasteiger partial charge in [0.1, 0.15) is 0 Å². The zero-order valence-corrected chi connectivity index (χ0v) is 8.04. The van der Waals surface area contributed by atoms with Crippen LogP contribution in [0, 0.1) is 18.3 Å². The van der Waals surface area contributed by atoms with E-state index in [4.69, 9.17) is 5.26 Å². The lowest BCUT2D eigenvalue weighted by Gasteiger charge is -1.99. The van der Waals surface area contributed by atoms with E-state index < -0.39 is 0 Å². The molecule has 1 rings (SSSR count). The maximum Gasteiger partial charge on any atom is 0.0991 e. The minimum absolute atomic E-state index is 0.723. The molecule has 0 saturated heterocycles. The van der Waals surface area contributed by atoms with Crippen LogP contribution < -0.4 is 0 Å². The molecule has 66 valence electrons. The third kappa shape index (κ3) is 2.45. The van der Waals surface area contributed by atoms with Crippen molar-refractivity contribution >= 4 is 6.08 Å². The van der Waals surface area contributed by atoms with E-state index in [-0.39, 0.29) is 0 Å². The number of aryl methyl sites for hydroxylation is 1. The predicted molar refractivity (Wildman–Crippen MR) is 55.2 cm³/mol. The van der Waals surface area contributed by atoms with Gasteiger partial charge < -0.3 is 0 Å². The van der Waals surface area contributed by atoms with Crippen LogP contribution in [0.3, 0.4) is 0 Å². The van der Waals surface area contributed by atoms with Crippen LogP contribution in [0.4, 0.5) is 0 Å². The zero-order chi connectivity index (χ0) is 9.68. The molecule has 0 N–H and O–H groups in total. The lowest BCUT2D eigenvalue weighted by molar-refractivity contribution is 1.23. The van der Waals surface area contributed by atoms with Crippen molar-refractivity contribution in [3.8, 4) is 6.07 Å². The van der Waals surface area contributed by atoms with E-state index in [9.17, 15) is 0 Å². The molecule has 0 atom stereocenters. The van der Waals surface area contributed by atoms with E-state index in [1.54, 1.807) is 0 Å². The first-order valence-electron chi connectivity index (χ1n) is 4.45. The topological polar surface area (TPSA) is 23.8 Å². The SMILES string of the molecule is CC/C=C\c1cc(C#N)ccc1C. The van der Waals surface area contributed by atoms with Crippen LogP contribution in [0.1, 0.15) is 30.0 Å². The second kappa shape index (κ2) is 4.47. The molecule has 0 aliphatic rings. The minimum Gasteiger partial charge on any atom is -0.192 e. The van der Waals surface area contributed by atoms with E-state index in [0.717, 1.165) is 17.5 Å². The Balaban J connectivity index is 3.06. The van der Waals surface area contributed by atoms with E-state index in [1.807, 2.05) is 18.2 Å². The first-order chi connectivity index (χ1) is 6.27. The van der Waals surface area contributed by atoms with Gasteiger partial charge in [0.25, 0.3) is 0 Å². The van der Waals surface area contributed by atoms with Crippen molar-refractivity contribution in [1.82, 2.24) is 0 Å². The van der Waals surface area contributed by atoms with Crippen LogP contribution in [0.5, 0.6) is 0 Å². The van der Waals surface area contributed by atoms with E-state index in [1.165, 1.54) is 5.56 Å². The molecular weight excluding hydrogens is 158 g/mol. The molecule has 0 bridgehead atoms. The minimum atomic E-state index is 0.723. The van der Waals surface area contributed by atoms with E-state index in [0.29, 0.717) is 0 Å². The van der Waals surface area contributed by atoms with Gasteiger partial charge in [-0.15, -0.1) is 0 Å². The van der Waals surface area contributed by atoms with Gasteiger partial charge in [-0.1, -0.05) is 25.1 Å². The monoisotopic (exact) mass is 171 g/mol. The fourth-order valence-corrected chi connectivity index (χ4v) is 1.13. The van der Waals surface area contributed by atoms with Crippen LogP contribution in [0.2, 0.25) is 0 Å². The number of allylic oxidation sites excluding steroid dienone is 1. The molecule has 0 unspecified atom stereocenters. The molecule has 0 fully saturated rings. The molecular formula is C12H13N. The van der Waals surface area contributed by atoms with Crippen molar-refractivity contribution in [2.45, 2.75) is 20.3 Å². The first kappa shape index (κ1) is 9.54. The maximum absolute atomic E-state index is 8.70. The van der Waals surface area contributed by atoms with Crippen LogP contribution in [-0.4, -0.2) is 0 Å². The Bertz CT molecular complexity index is 356. The Morgan fingerprint density at radius 3 is 2.85 bits per heavy atom. The average molecular weight is 171 g/mol. The van der Waals surface area contributed by atoms with Crippen LogP contribution in [-0.2, 0) is 0 Å². The van der Waals surface area contributed by atoms with Crippen LogP contribution in [0.25, 0.3) is 6.08 Å². The van der Waals surface area contributed by atoms with Gasteiger partial charge >= 0.3 is 0 Å². The second-order valence-corrected chi connectivity index (χ2v) is 2.99. The summed E-state index contributed by atoms with van der Waals surface area (Å²) in [6, 6.07) is 7.88. The molecule has 0 radical (unpaired) electrons. The van der Waals surface area contributed by atoms with Gasteiger partial charge in [0, 0.05) is 0 Å². The predicted octanol–water partition coefficient (Wildman–Crippen LogP) is 3.29. The third-order valence-corrected chi connectivity index (χ3v) is 1.94. The van der Waals surface area contributed by atoms with Gasteiger partial charge in [0.05, 0.1) is 11.6 Å². The summed E-state index contributed by atoms with van der Waals surface area (Å²) < 4.78 is 0. The Kier molecular flexibility index (Phi) is 3.28. The number of benzene rings is 1. The molecule has 0 aliphatic carbocycles.